The molecule has 0 unspecified atom stereocenters. The molecule has 98 valence electrons. The summed E-state index contributed by atoms with van der Waals surface area (Å²) in [4.78, 5) is 22.2. The standard InChI is InChI=1S/C12H12N4O3/c1-15-10(6-7-11(15)16(18)19)12(17)14-9-5-3-2-4-8(9)13/h2-7H,13H2,1H3,(H,14,17). The van der Waals surface area contributed by atoms with Crippen molar-refractivity contribution < 1.29 is 9.72 Å². The number of para-hydroxylation sites is 2. The number of anilines is 2. The molecule has 0 aliphatic heterocycles. The minimum absolute atomic E-state index is 0.147. The minimum Gasteiger partial charge on any atom is -0.397 e. The predicted molar refractivity (Wildman–Crippen MR) is 70.9 cm³/mol. The predicted octanol–water partition coefficient (Wildman–Crippen LogP) is 1.77. The van der Waals surface area contributed by atoms with Gasteiger partial charge in [0.2, 0.25) is 0 Å². The number of carbonyl (C=O) groups is 1. The molecule has 19 heavy (non-hydrogen) atoms. The number of aromatic nitrogens is 1. The molecule has 2 aromatic rings. The summed E-state index contributed by atoms with van der Waals surface area (Å²) >= 11 is 0. The van der Waals surface area contributed by atoms with Crippen LogP contribution >= 0.6 is 0 Å². The normalized spacial score (nSPS) is 10.2. The van der Waals surface area contributed by atoms with E-state index >= 15 is 0 Å². The summed E-state index contributed by atoms with van der Waals surface area (Å²) in [5.41, 5.74) is 6.80. The highest BCUT2D eigenvalue weighted by molar-refractivity contribution is 6.05. The molecule has 2 rings (SSSR count). The fraction of sp³-hybridized carbons (Fsp3) is 0.0833. The van der Waals surface area contributed by atoms with E-state index in [0.29, 0.717) is 11.4 Å². The Labute approximate surface area is 108 Å². The van der Waals surface area contributed by atoms with Crippen LogP contribution in [0.25, 0.3) is 0 Å². The van der Waals surface area contributed by atoms with Crippen LogP contribution in [0.3, 0.4) is 0 Å². The van der Waals surface area contributed by atoms with Gasteiger partial charge in [0, 0.05) is 6.07 Å². The van der Waals surface area contributed by atoms with Crippen LogP contribution in [-0.4, -0.2) is 15.4 Å². The van der Waals surface area contributed by atoms with Crippen LogP contribution in [0, 0.1) is 10.1 Å². The van der Waals surface area contributed by atoms with E-state index < -0.39 is 10.8 Å². The van der Waals surface area contributed by atoms with Gasteiger partial charge in [0.15, 0.2) is 5.69 Å². The van der Waals surface area contributed by atoms with Crippen molar-refractivity contribution in [2.75, 3.05) is 11.1 Å². The maximum atomic E-state index is 12.0. The third kappa shape index (κ3) is 2.39. The Kier molecular flexibility index (Phi) is 3.19. The van der Waals surface area contributed by atoms with Crippen molar-refractivity contribution >= 4 is 23.1 Å². The number of benzene rings is 1. The lowest BCUT2D eigenvalue weighted by Crippen LogP contribution is -2.17. The Morgan fingerprint density at radius 3 is 2.58 bits per heavy atom. The molecule has 1 aromatic heterocycles. The van der Waals surface area contributed by atoms with Crippen LogP contribution in [0.4, 0.5) is 17.2 Å². The number of hydrogen-bond donors (Lipinski definition) is 2. The van der Waals surface area contributed by atoms with E-state index in [1.165, 1.54) is 23.7 Å². The van der Waals surface area contributed by atoms with E-state index in [1.54, 1.807) is 24.3 Å². The van der Waals surface area contributed by atoms with Gasteiger partial charge in [-0.1, -0.05) is 12.1 Å². The molecule has 7 nitrogen and oxygen atoms in total. The number of amides is 1. The number of nitrogens with two attached hydrogens (primary N) is 1. The molecule has 3 N–H and O–H groups in total. The van der Waals surface area contributed by atoms with Crippen molar-refractivity contribution in [3.8, 4) is 0 Å². The first-order chi connectivity index (χ1) is 9.00. The second kappa shape index (κ2) is 4.81. The first-order valence-electron chi connectivity index (χ1n) is 5.46. The van der Waals surface area contributed by atoms with Crippen molar-refractivity contribution in [3.63, 3.8) is 0 Å². The second-order valence-corrected chi connectivity index (χ2v) is 3.93. The van der Waals surface area contributed by atoms with Crippen molar-refractivity contribution in [2.45, 2.75) is 0 Å². The van der Waals surface area contributed by atoms with Gasteiger partial charge in [-0.2, -0.15) is 0 Å². The third-order valence-electron chi connectivity index (χ3n) is 2.72. The Morgan fingerprint density at radius 2 is 2.00 bits per heavy atom. The summed E-state index contributed by atoms with van der Waals surface area (Å²) in [5.74, 6) is -0.598. The molecule has 1 amide bonds. The molecule has 7 heteroatoms. The van der Waals surface area contributed by atoms with Crippen LogP contribution in [0.5, 0.6) is 0 Å². The molecule has 0 fully saturated rings. The van der Waals surface area contributed by atoms with E-state index in [1.807, 2.05) is 0 Å². The maximum absolute atomic E-state index is 12.0. The van der Waals surface area contributed by atoms with E-state index in [2.05, 4.69) is 5.32 Å². The molecule has 1 heterocycles. The van der Waals surface area contributed by atoms with Crippen LogP contribution in [0.15, 0.2) is 36.4 Å². The molecule has 0 aliphatic carbocycles. The smallest absolute Gasteiger partial charge is 0.323 e. The first-order valence-corrected chi connectivity index (χ1v) is 5.46. The fourth-order valence-electron chi connectivity index (χ4n) is 1.71. The van der Waals surface area contributed by atoms with Gasteiger partial charge < -0.3 is 21.2 Å². The van der Waals surface area contributed by atoms with Gasteiger partial charge in [-0.3, -0.25) is 4.79 Å². The third-order valence-corrected chi connectivity index (χ3v) is 2.72. The molecular weight excluding hydrogens is 248 g/mol. The zero-order valence-corrected chi connectivity index (χ0v) is 10.2. The van der Waals surface area contributed by atoms with E-state index in [-0.39, 0.29) is 11.5 Å². The number of nitrogens with one attached hydrogen (secondary N) is 1. The van der Waals surface area contributed by atoms with Crippen LogP contribution in [-0.2, 0) is 7.05 Å². The fourth-order valence-corrected chi connectivity index (χ4v) is 1.71. The number of nitrogen functional groups attached to an aromatic ring is 1. The van der Waals surface area contributed by atoms with Gasteiger partial charge in [0.25, 0.3) is 5.91 Å². The van der Waals surface area contributed by atoms with Gasteiger partial charge in [-0.25, -0.2) is 4.57 Å². The average Bonchev–Trinajstić information content (AvgIpc) is 2.74. The molecule has 0 aliphatic rings. The monoisotopic (exact) mass is 260 g/mol. The van der Waals surface area contributed by atoms with E-state index in [9.17, 15) is 14.9 Å². The lowest BCUT2D eigenvalue weighted by atomic mass is 10.2. The molecule has 0 spiro atoms. The van der Waals surface area contributed by atoms with Gasteiger partial charge in [-0.15, -0.1) is 0 Å². The summed E-state index contributed by atoms with van der Waals surface area (Å²) < 4.78 is 1.22. The molecule has 0 saturated carbocycles. The minimum atomic E-state index is -0.548. The molecule has 0 bridgehead atoms. The molecule has 0 atom stereocenters. The van der Waals surface area contributed by atoms with Crippen LogP contribution in [0.1, 0.15) is 10.5 Å². The zero-order valence-electron chi connectivity index (χ0n) is 10.2. The quantitative estimate of drug-likeness (QED) is 0.498. The SMILES string of the molecule is Cn1c(C(=O)Nc2ccccc2N)ccc1[N+](=O)[O-]. The van der Waals surface area contributed by atoms with Crippen molar-refractivity contribution in [1.82, 2.24) is 4.57 Å². The topological polar surface area (TPSA) is 103 Å². The average molecular weight is 260 g/mol. The van der Waals surface area contributed by atoms with E-state index in [0.717, 1.165) is 0 Å². The Balaban J connectivity index is 2.26. The van der Waals surface area contributed by atoms with Crippen molar-refractivity contribution in [2.24, 2.45) is 7.05 Å². The Bertz CT molecular complexity index is 648. The number of hydrogen-bond acceptors (Lipinski definition) is 4. The highest BCUT2D eigenvalue weighted by atomic mass is 16.6. The zero-order chi connectivity index (χ0) is 14.0. The van der Waals surface area contributed by atoms with Gasteiger partial charge in [0.05, 0.1) is 18.4 Å². The Hall–Kier alpha value is -2.83. The number of rotatable bonds is 3. The number of nitro groups is 1. The van der Waals surface area contributed by atoms with Gasteiger partial charge >= 0.3 is 5.82 Å². The van der Waals surface area contributed by atoms with Crippen LogP contribution < -0.4 is 11.1 Å². The molecular formula is C12H12N4O3. The highest BCUT2D eigenvalue weighted by Crippen LogP contribution is 2.20. The Morgan fingerprint density at radius 1 is 1.32 bits per heavy atom. The summed E-state index contributed by atoms with van der Waals surface area (Å²) in [5, 5.41) is 13.3. The maximum Gasteiger partial charge on any atom is 0.323 e. The van der Waals surface area contributed by atoms with Crippen molar-refractivity contribution in [1.29, 1.82) is 0 Å². The van der Waals surface area contributed by atoms with E-state index in [4.69, 9.17) is 5.73 Å². The van der Waals surface area contributed by atoms with Crippen LogP contribution in [0.2, 0.25) is 0 Å². The van der Waals surface area contributed by atoms with Crippen molar-refractivity contribution in [3.05, 3.63) is 52.2 Å². The first kappa shape index (κ1) is 12.6. The lowest BCUT2D eigenvalue weighted by Gasteiger charge is -2.06. The molecule has 1 aromatic carbocycles. The number of nitrogens with zero attached hydrogens (tertiary/aromatic N) is 2. The summed E-state index contributed by atoms with van der Waals surface area (Å²) in [6.07, 6.45) is 0. The largest absolute Gasteiger partial charge is 0.397 e. The number of carbonyl (C=O) groups excluding carboxylic acids is 1. The molecule has 0 radical (unpaired) electrons. The van der Waals surface area contributed by atoms with Gasteiger partial charge in [-0.05, 0) is 23.1 Å². The highest BCUT2D eigenvalue weighted by Gasteiger charge is 2.20. The summed E-state index contributed by atoms with van der Waals surface area (Å²) in [6, 6.07) is 9.47. The summed E-state index contributed by atoms with van der Waals surface area (Å²) in [6.45, 7) is 0. The molecule has 0 saturated heterocycles. The second-order valence-electron chi connectivity index (χ2n) is 3.93. The van der Waals surface area contributed by atoms with Gasteiger partial charge in [0.1, 0.15) is 0 Å². The summed E-state index contributed by atoms with van der Waals surface area (Å²) in [7, 11) is 1.46. The lowest BCUT2D eigenvalue weighted by molar-refractivity contribution is -0.391.